The van der Waals surface area contributed by atoms with Crippen molar-refractivity contribution < 1.29 is 4.79 Å². The summed E-state index contributed by atoms with van der Waals surface area (Å²) in [5.41, 5.74) is 2.82. The fourth-order valence-electron chi connectivity index (χ4n) is 5.06. The van der Waals surface area contributed by atoms with Crippen LogP contribution in [0, 0.1) is 5.41 Å². The van der Waals surface area contributed by atoms with Gasteiger partial charge in [0, 0.05) is 16.5 Å². The van der Waals surface area contributed by atoms with Crippen LogP contribution in [-0.4, -0.2) is 26.1 Å². The van der Waals surface area contributed by atoms with Crippen LogP contribution in [-0.2, 0) is 4.79 Å². The van der Waals surface area contributed by atoms with Crippen LogP contribution in [0.1, 0.15) is 52.1 Å². The van der Waals surface area contributed by atoms with Crippen molar-refractivity contribution in [2.75, 3.05) is 0 Å². The van der Waals surface area contributed by atoms with Crippen molar-refractivity contribution >= 4 is 45.0 Å². The maximum Gasteiger partial charge on any atom is 0.278 e. The summed E-state index contributed by atoms with van der Waals surface area (Å²) in [6.45, 7) is 8.48. The van der Waals surface area contributed by atoms with Gasteiger partial charge in [-0.1, -0.05) is 88.2 Å². The number of halogens is 1. The molecule has 3 aromatic carbocycles. The topological polar surface area (TPSA) is 68.4 Å². The summed E-state index contributed by atoms with van der Waals surface area (Å²) in [5.74, 6) is -0.226. The summed E-state index contributed by atoms with van der Waals surface area (Å²) in [4.78, 5) is 28.5. The number of para-hydroxylation sites is 2. The lowest BCUT2D eigenvalue weighted by Gasteiger charge is -2.33. The summed E-state index contributed by atoms with van der Waals surface area (Å²) < 4.78 is 3.31. The first-order valence-corrected chi connectivity index (χ1v) is 13.0. The molecular formula is C30H31ClN4O2. The minimum atomic E-state index is -0.893. The van der Waals surface area contributed by atoms with Gasteiger partial charge in [0.15, 0.2) is 0 Å². The van der Waals surface area contributed by atoms with E-state index in [0.717, 1.165) is 29.3 Å². The Morgan fingerprint density at radius 3 is 2.30 bits per heavy atom. The monoisotopic (exact) mass is 514 g/mol. The number of nitrogens with one attached hydrogen (secondary N) is 1. The van der Waals surface area contributed by atoms with E-state index in [0.29, 0.717) is 21.6 Å². The van der Waals surface area contributed by atoms with E-state index in [-0.39, 0.29) is 22.9 Å². The van der Waals surface area contributed by atoms with Gasteiger partial charge in [-0.2, -0.15) is 5.10 Å². The normalized spacial score (nSPS) is 13.8. The van der Waals surface area contributed by atoms with Gasteiger partial charge >= 0.3 is 0 Å². The molecule has 0 radical (unpaired) electrons. The number of fused-ring (bicyclic) bond motifs is 5. The van der Waals surface area contributed by atoms with Crippen molar-refractivity contribution in [3.05, 3.63) is 93.7 Å². The summed E-state index contributed by atoms with van der Waals surface area (Å²) in [6.07, 6.45) is 1.77. The van der Waals surface area contributed by atoms with Crippen LogP contribution < -0.4 is 10.9 Å². The largest absolute Gasteiger partial charge is 0.351 e. The predicted molar refractivity (Wildman–Crippen MR) is 150 cm³/mol. The lowest BCUT2D eigenvalue weighted by atomic mass is 9.84. The van der Waals surface area contributed by atoms with E-state index < -0.39 is 6.04 Å². The van der Waals surface area contributed by atoms with Crippen LogP contribution in [0.15, 0.2) is 77.6 Å². The van der Waals surface area contributed by atoms with E-state index in [1.807, 2.05) is 60.7 Å². The Balaban J connectivity index is 1.81. The summed E-state index contributed by atoms with van der Waals surface area (Å²) in [6, 6.07) is 21.4. The molecule has 1 N–H and O–H groups in total. The first kappa shape index (κ1) is 25.0. The Morgan fingerprint density at radius 1 is 0.973 bits per heavy atom. The highest BCUT2D eigenvalue weighted by Gasteiger charge is 2.32. The van der Waals surface area contributed by atoms with Crippen molar-refractivity contribution in [1.82, 2.24) is 19.5 Å². The second-order valence-electron chi connectivity index (χ2n) is 10.6. The van der Waals surface area contributed by atoms with Crippen molar-refractivity contribution in [2.45, 2.75) is 52.6 Å². The average molecular weight is 515 g/mol. The number of carbonyl (C=O) groups is 1. The zero-order chi connectivity index (χ0) is 26.3. The fourth-order valence-corrected chi connectivity index (χ4v) is 5.19. The second kappa shape index (κ2) is 9.67. The van der Waals surface area contributed by atoms with Gasteiger partial charge in [-0.15, -0.1) is 0 Å². The van der Waals surface area contributed by atoms with Gasteiger partial charge in [0.25, 0.3) is 5.56 Å². The number of amides is 1. The van der Waals surface area contributed by atoms with Crippen LogP contribution in [0.4, 0.5) is 0 Å². The van der Waals surface area contributed by atoms with Crippen LogP contribution in [0.3, 0.4) is 0 Å². The molecule has 0 aliphatic carbocycles. The molecule has 0 saturated carbocycles. The first-order valence-electron chi connectivity index (χ1n) is 12.7. The third-order valence-corrected chi connectivity index (χ3v) is 7.25. The molecule has 1 amide bonds. The molecule has 0 aliphatic heterocycles. The molecule has 2 unspecified atom stereocenters. The number of aromatic nitrogens is 3. The van der Waals surface area contributed by atoms with E-state index in [4.69, 9.17) is 16.7 Å². The maximum absolute atomic E-state index is 14.3. The SMILES string of the molecule is CCCC(NC(=O)C(c1ccc(Cl)cc1)n1c(=O)c2c3ccccc3nn2c2ccccc21)C(C)(C)C. The van der Waals surface area contributed by atoms with E-state index >= 15 is 0 Å². The van der Waals surface area contributed by atoms with Gasteiger partial charge in [-0.3, -0.25) is 14.2 Å². The summed E-state index contributed by atoms with van der Waals surface area (Å²) in [7, 11) is 0. The Kier molecular flexibility index (Phi) is 6.54. The van der Waals surface area contributed by atoms with Crippen molar-refractivity contribution in [3.63, 3.8) is 0 Å². The molecule has 0 saturated heterocycles. The first-order chi connectivity index (χ1) is 17.7. The third kappa shape index (κ3) is 4.51. The Hall–Kier alpha value is -3.64. The summed E-state index contributed by atoms with van der Waals surface area (Å²) in [5, 5.41) is 9.33. The van der Waals surface area contributed by atoms with Gasteiger partial charge in [0.2, 0.25) is 5.91 Å². The van der Waals surface area contributed by atoms with Crippen LogP contribution in [0.25, 0.3) is 27.5 Å². The molecule has 5 aromatic rings. The molecule has 0 aliphatic rings. The number of carbonyl (C=O) groups excluding carboxylic acids is 1. The molecule has 5 rings (SSSR count). The number of rotatable bonds is 6. The van der Waals surface area contributed by atoms with E-state index in [1.165, 1.54) is 0 Å². The zero-order valence-corrected chi connectivity index (χ0v) is 22.3. The number of benzene rings is 3. The Bertz CT molecular complexity index is 1660. The smallest absolute Gasteiger partial charge is 0.278 e. The molecule has 7 heteroatoms. The van der Waals surface area contributed by atoms with Crippen molar-refractivity contribution in [3.8, 4) is 0 Å². The van der Waals surface area contributed by atoms with Gasteiger partial charge in [-0.25, -0.2) is 4.52 Å². The number of hydrogen-bond donors (Lipinski definition) is 1. The zero-order valence-electron chi connectivity index (χ0n) is 21.5. The molecule has 2 heterocycles. The maximum atomic E-state index is 14.3. The van der Waals surface area contributed by atoms with E-state index in [9.17, 15) is 9.59 Å². The molecule has 0 fully saturated rings. The third-order valence-electron chi connectivity index (χ3n) is 7.00. The van der Waals surface area contributed by atoms with E-state index in [1.54, 1.807) is 21.2 Å². The fraction of sp³-hybridized carbons (Fsp3) is 0.300. The van der Waals surface area contributed by atoms with Crippen LogP contribution >= 0.6 is 11.6 Å². The van der Waals surface area contributed by atoms with Crippen molar-refractivity contribution in [1.29, 1.82) is 0 Å². The van der Waals surface area contributed by atoms with Gasteiger partial charge in [0.05, 0.1) is 16.6 Å². The minimum Gasteiger partial charge on any atom is -0.351 e. The Morgan fingerprint density at radius 2 is 1.62 bits per heavy atom. The van der Waals surface area contributed by atoms with Gasteiger partial charge in [0.1, 0.15) is 11.6 Å². The quantitative estimate of drug-likeness (QED) is 0.286. The van der Waals surface area contributed by atoms with Gasteiger partial charge < -0.3 is 5.32 Å². The molecule has 6 nitrogen and oxygen atoms in total. The van der Waals surface area contributed by atoms with Gasteiger partial charge in [-0.05, 0) is 47.7 Å². The lowest BCUT2D eigenvalue weighted by Crippen LogP contribution is -2.48. The molecule has 2 atom stereocenters. The number of nitrogens with zero attached hydrogens (tertiary/aromatic N) is 3. The Labute approximate surface area is 220 Å². The molecule has 37 heavy (non-hydrogen) atoms. The number of hydrogen-bond acceptors (Lipinski definition) is 3. The molecule has 0 spiro atoms. The molecule has 190 valence electrons. The molecule has 0 bridgehead atoms. The lowest BCUT2D eigenvalue weighted by molar-refractivity contribution is -0.124. The highest BCUT2D eigenvalue weighted by atomic mass is 35.5. The highest BCUT2D eigenvalue weighted by molar-refractivity contribution is 6.30. The second-order valence-corrected chi connectivity index (χ2v) is 11.0. The molecule has 2 aromatic heterocycles. The standard InChI is InChI=1S/C30H31ClN4O2/c1-5-10-25(30(2,3)4)32-28(36)26(19-15-17-20(31)18-16-19)34-23-13-8-9-14-24(23)35-27(29(34)37)21-11-6-7-12-22(21)33-35/h6-9,11-18,25-26H,5,10H2,1-4H3,(H,32,36). The summed E-state index contributed by atoms with van der Waals surface area (Å²) >= 11 is 6.20. The van der Waals surface area contributed by atoms with Crippen LogP contribution in [0.5, 0.6) is 0 Å². The predicted octanol–water partition coefficient (Wildman–Crippen LogP) is 6.38. The van der Waals surface area contributed by atoms with Crippen molar-refractivity contribution in [2.24, 2.45) is 5.41 Å². The van der Waals surface area contributed by atoms with E-state index in [2.05, 4.69) is 33.0 Å². The van der Waals surface area contributed by atoms with Crippen LogP contribution in [0.2, 0.25) is 5.02 Å². The molecular weight excluding hydrogens is 484 g/mol. The average Bonchev–Trinajstić information content (AvgIpc) is 3.26. The highest BCUT2D eigenvalue weighted by Crippen LogP contribution is 2.29. The minimum absolute atomic E-state index is 0.0544.